The second-order valence-corrected chi connectivity index (χ2v) is 5.15. The highest BCUT2D eigenvalue weighted by Gasteiger charge is 2.26. The van der Waals surface area contributed by atoms with E-state index in [1.165, 1.54) is 7.11 Å². The fraction of sp³-hybridized carbons (Fsp3) is 0.500. The number of carbonyl (C=O) groups excluding carboxylic acids is 1. The average molecular weight is 293 g/mol. The van der Waals surface area contributed by atoms with Crippen LogP contribution in [0.15, 0.2) is 24.3 Å². The van der Waals surface area contributed by atoms with Crippen molar-refractivity contribution in [2.24, 2.45) is 5.92 Å². The number of aliphatic carboxylic acids is 1. The molecule has 1 N–H and O–H groups in total. The highest BCUT2D eigenvalue weighted by Crippen LogP contribution is 2.21. The number of amides is 1. The lowest BCUT2D eigenvalue weighted by atomic mass is 10.1. The molecule has 0 spiro atoms. The number of carboxylic acid groups (broad SMARTS) is 1. The minimum absolute atomic E-state index is 0.0378. The predicted octanol–water partition coefficient (Wildman–Crippen LogP) is 2.66. The van der Waals surface area contributed by atoms with E-state index in [2.05, 4.69) is 0 Å². The van der Waals surface area contributed by atoms with Crippen LogP contribution in [0.2, 0.25) is 0 Å². The number of hydrogen-bond donors (Lipinski definition) is 1. The van der Waals surface area contributed by atoms with E-state index >= 15 is 0 Å². The van der Waals surface area contributed by atoms with Gasteiger partial charge in [0.05, 0.1) is 18.6 Å². The summed E-state index contributed by atoms with van der Waals surface area (Å²) in [5, 5.41) is 9.08. The number of rotatable bonds is 7. The van der Waals surface area contributed by atoms with Crippen molar-refractivity contribution in [2.75, 3.05) is 13.7 Å². The van der Waals surface area contributed by atoms with Crippen molar-refractivity contribution in [2.45, 2.75) is 33.2 Å². The number of carbonyl (C=O) groups is 2. The number of hydrogen-bond acceptors (Lipinski definition) is 3. The Morgan fingerprint density at radius 1 is 1.29 bits per heavy atom. The van der Waals surface area contributed by atoms with Gasteiger partial charge in [0.1, 0.15) is 5.75 Å². The molecule has 0 radical (unpaired) electrons. The number of nitrogens with zero attached hydrogens (tertiary/aromatic N) is 1. The van der Waals surface area contributed by atoms with Gasteiger partial charge in [-0.3, -0.25) is 9.59 Å². The molecule has 5 heteroatoms. The van der Waals surface area contributed by atoms with Gasteiger partial charge in [-0.2, -0.15) is 0 Å². The first kappa shape index (κ1) is 17.0. The van der Waals surface area contributed by atoms with E-state index in [0.29, 0.717) is 11.3 Å². The molecule has 0 aliphatic rings. The molecule has 0 aromatic heterocycles. The molecule has 0 fully saturated rings. The van der Waals surface area contributed by atoms with Crippen LogP contribution < -0.4 is 4.74 Å². The fourth-order valence-electron chi connectivity index (χ4n) is 2.03. The third-order valence-electron chi connectivity index (χ3n) is 3.61. The van der Waals surface area contributed by atoms with Crippen molar-refractivity contribution in [3.63, 3.8) is 0 Å². The molecule has 2 unspecified atom stereocenters. The second-order valence-electron chi connectivity index (χ2n) is 5.15. The Kier molecular flexibility index (Phi) is 6.21. The Balaban J connectivity index is 3.07. The Bertz CT molecular complexity index is 501. The van der Waals surface area contributed by atoms with Crippen molar-refractivity contribution >= 4 is 11.9 Å². The van der Waals surface area contributed by atoms with Crippen LogP contribution >= 0.6 is 0 Å². The van der Waals surface area contributed by atoms with Crippen LogP contribution in [0.5, 0.6) is 5.75 Å². The lowest BCUT2D eigenvalue weighted by molar-refractivity contribution is -0.141. The first-order chi connectivity index (χ1) is 9.92. The first-order valence-corrected chi connectivity index (χ1v) is 7.09. The molecule has 0 saturated heterocycles. The van der Waals surface area contributed by atoms with Crippen molar-refractivity contribution in [3.05, 3.63) is 29.8 Å². The largest absolute Gasteiger partial charge is 0.496 e. The predicted molar refractivity (Wildman–Crippen MR) is 80.6 cm³/mol. The van der Waals surface area contributed by atoms with E-state index in [1.54, 1.807) is 36.1 Å². The highest BCUT2D eigenvalue weighted by molar-refractivity contribution is 5.97. The summed E-state index contributed by atoms with van der Waals surface area (Å²) in [6.07, 6.45) is 0.757. The molecular formula is C16H23NO4. The van der Waals surface area contributed by atoms with Gasteiger partial charge < -0.3 is 14.7 Å². The molecular weight excluding hydrogens is 270 g/mol. The summed E-state index contributed by atoms with van der Waals surface area (Å²) in [5.74, 6) is -1.22. The quantitative estimate of drug-likeness (QED) is 0.839. The summed E-state index contributed by atoms with van der Waals surface area (Å²) in [4.78, 5) is 25.4. The summed E-state index contributed by atoms with van der Waals surface area (Å²) in [7, 11) is 1.51. The maximum atomic E-state index is 12.7. The molecule has 0 aliphatic heterocycles. The monoisotopic (exact) mass is 293 g/mol. The van der Waals surface area contributed by atoms with Gasteiger partial charge >= 0.3 is 5.97 Å². The van der Waals surface area contributed by atoms with Crippen LogP contribution in [-0.2, 0) is 4.79 Å². The number of ether oxygens (including phenoxy) is 1. The van der Waals surface area contributed by atoms with Crippen LogP contribution in [0, 0.1) is 5.92 Å². The van der Waals surface area contributed by atoms with Gasteiger partial charge in [0.2, 0.25) is 0 Å². The third kappa shape index (κ3) is 4.21. The summed E-state index contributed by atoms with van der Waals surface area (Å²) >= 11 is 0. The van der Waals surface area contributed by atoms with Crippen LogP contribution in [0.4, 0.5) is 0 Å². The number of methoxy groups -OCH3 is 1. The van der Waals surface area contributed by atoms with Gasteiger partial charge in [-0.05, 0) is 25.5 Å². The smallest absolute Gasteiger partial charge is 0.308 e. The molecule has 0 aliphatic carbocycles. The normalized spacial score (nSPS) is 13.3. The number of para-hydroxylation sites is 1. The minimum Gasteiger partial charge on any atom is -0.496 e. The maximum absolute atomic E-state index is 12.7. The van der Waals surface area contributed by atoms with Gasteiger partial charge in [-0.1, -0.05) is 26.0 Å². The zero-order chi connectivity index (χ0) is 16.0. The molecule has 0 bridgehead atoms. The standard InChI is InChI=1S/C16H23NO4/c1-5-12(3)17(10-11(2)16(19)20)15(18)13-8-6-7-9-14(13)21-4/h6-9,11-12H,5,10H2,1-4H3,(H,19,20). The number of benzene rings is 1. The molecule has 1 aromatic rings. The van der Waals surface area contributed by atoms with Gasteiger partial charge in [-0.25, -0.2) is 0 Å². The third-order valence-corrected chi connectivity index (χ3v) is 3.61. The zero-order valence-electron chi connectivity index (χ0n) is 13.0. The van der Waals surface area contributed by atoms with Crippen LogP contribution in [0.1, 0.15) is 37.6 Å². The molecule has 0 heterocycles. The first-order valence-electron chi connectivity index (χ1n) is 7.09. The second kappa shape index (κ2) is 7.67. The highest BCUT2D eigenvalue weighted by atomic mass is 16.5. The molecule has 1 rings (SSSR count). The average Bonchev–Trinajstić information content (AvgIpc) is 2.50. The van der Waals surface area contributed by atoms with Crippen molar-refractivity contribution in [3.8, 4) is 5.75 Å². The molecule has 1 amide bonds. The minimum atomic E-state index is -0.906. The Hall–Kier alpha value is -2.04. The lowest BCUT2D eigenvalue weighted by Gasteiger charge is -2.30. The SMILES string of the molecule is CCC(C)N(CC(C)C(=O)O)C(=O)c1ccccc1OC. The van der Waals surface area contributed by atoms with Crippen LogP contribution in [-0.4, -0.2) is 41.6 Å². The van der Waals surface area contributed by atoms with E-state index < -0.39 is 11.9 Å². The van der Waals surface area contributed by atoms with Gasteiger partial charge in [0.15, 0.2) is 0 Å². The van der Waals surface area contributed by atoms with E-state index in [1.807, 2.05) is 13.8 Å². The van der Waals surface area contributed by atoms with Crippen LogP contribution in [0.3, 0.4) is 0 Å². The topological polar surface area (TPSA) is 66.8 Å². The summed E-state index contributed by atoms with van der Waals surface area (Å²) in [6, 6.07) is 6.95. The molecule has 21 heavy (non-hydrogen) atoms. The van der Waals surface area contributed by atoms with Gasteiger partial charge in [0, 0.05) is 12.6 Å². The van der Waals surface area contributed by atoms with Gasteiger partial charge in [-0.15, -0.1) is 0 Å². The van der Waals surface area contributed by atoms with E-state index in [0.717, 1.165) is 6.42 Å². The van der Waals surface area contributed by atoms with Crippen molar-refractivity contribution in [1.82, 2.24) is 4.90 Å². The van der Waals surface area contributed by atoms with Crippen molar-refractivity contribution < 1.29 is 19.4 Å². The number of carboxylic acids is 1. The Labute approximate surface area is 125 Å². The summed E-state index contributed by atoms with van der Waals surface area (Å²) in [5.41, 5.74) is 0.456. The summed E-state index contributed by atoms with van der Waals surface area (Å²) < 4.78 is 5.22. The lowest BCUT2D eigenvalue weighted by Crippen LogP contribution is -2.42. The molecule has 1 aromatic carbocycles. The molecule has 0 saturated carbocycles. The van der Waals surface area contributed by atoms with E-state index in [4.69, 9.17) is 9.84 Å². The summed E-state index contributed by atoms with van der Waals surface area (Å²) in [6.45, 7) is 5.68. The van der Waals surface area contributed by atoms with Crippen molar-refractivity contribution in [1.29, 1.82) is 0 Å². The molecule has 5 nitrogen and oxygen atoms in total. The molecule has 116 valence electrons. The van der Waals surface area contributed by atoms with E-state index in [9.17, 15) is 9.59 Å². The Morgan fingerprint density at radius 3 is 2.43 bits per heavy atom. The Morgan fingerprint density at radius 2 is 1.90 bits per heavy atom. The van der Waals surface area contributed by atoms with Gasteiger partial charge in [0.25, 0.3) is 5.91 Å². The fourth-order valence-corrected chi connectivity index (χ4v) is 2.03. The zero-order valence-corrected chi connectivity index (χ0v) is 13.0. The van der Waals surface area contributed by atoms with E-state index in [-0.39, 0.29) is 18.5 Å². The molecule has 2 atom stereocenters. The van der Waals surface area contributed by atoms with Crippen LogP contribution in [0.25, 0.3) is 0 Å². The maximum Gasteiger partial charge on any atom is 0.308 e.